The first-order valence-electron chi connectivity index (χ1n) is 6.56. The Morgan fingerprint density at radius 2 is 2.00 bits per heavy atom. The van der Waals surface area contributed by atoms with Crippen molar-refractivity contribution < 1.29 is 4.42 Å². The lowest BCUT2D eigenvalue weighted by atomic mass is 10.1. The van der Waals surface area contributed by atoms with E-state index in [2.05, 4.69) is 47.3 Å². The van der Waals surface area contributed by atoms with Crippen LogP contribution in [0.4, 0.5) is 0 Å². The van der Waals surface area contributed by atoms with E-state index in [0.717, 1.165) is 15.5 Å². The quantitative estimate of drug-likeness (QED) is 0.565. The molecule has 0 aliphatic carbocycles. The van der Waals surface area contributed by atoms with Gasteiger partial charge in [0.05, 0.1) is 6.26 Å². The molecule has 0 saturated carbocycles. The minimum atomic E-state index is 0.626. The van der Waals surface area contributed by atoms with Gasteiger partial charge < -0.3 is 4.42 Å². The number of nitrogens with zero attached hydrogens (tertiary/aromatic N) is 4. The van der Waals surface area contributed by atoms with Gasteiger partial charge in [-0.3, -0.25) is 0 Å². The third-order valence-corrected chi connectivity index (χ3v) is 4.43. The van der Waals surface area contributed by atoms with Gasteiger partial charge in [-0.25, -0.2) is 0 Å². The third kappa shape index (κ3) is 1.95. The smallest absolute Gasteiger partial charge is 0.235 e. The van der Waals surface area contributed by atoms with Gasteiger partial charge >= 0.3 is 0 Å². The van der Waals surface area contributed by atoms with E-state index in [0.29, 0.717) is 11.6 Å². The number of hydrogen-bond donors (Lipinski definition) is 0. The van der Waals surface area contributed by atoms with Gasteiger partial charge in [0.1, 0.15) is 5.01 Å². The van der Waals surface area contributed by atoms with Gasteiger partial charge in [0.25, 0.3) is 0 Å². The summed E-state index contributed by atoms with van der Waals surface area (Å²) in [5, 5.41) is 13.8. The van der Waals surface area contributed by atoms with Crippen molar-refractivity contribution >= 4 is 16.3 Å². The first kappa shape index (κ1) is 12.3. The van der Waals surface area contributed by atoms with E-state index in [1.165, 1.54) is 22.5 Å². The number of fused-ring (bicyclic) bond motifs is 1. The summed E-state index contributed by atoms with van der Waals surface area (Å²) in [4.78, 5) is 0.759. The summed E-state index contributed by atoms with van der Waals surface area (Å²) in [6.07, 6.45) is 1.62. The van der Waals surface area contributed by atoms with Crippen LogP contribution in [0.2, 0.25) is 0 Å². The molecule has 21 heavy (non-hydrogen) atoms. The molecule has 0 amide bonds. The monoisotopic (exact) mass is 296 g/mol. The molecule has 0 N–H and O–H groups in total. The molecule has 4 rings (SSSR count). The first-order valence-corrected chi connectivity index (χ1v) is 7.38. The Morgan fingerprint density at radius 3 is 2.76 bits per heavy atom. The molecule has 0 fully saturated rings. The fourth-order valence-corrected chi connectivity index (χ4v) is 3.00. The number of furan rings is 1. The summed E-state index contributed by atoms with van der Waals surface area (Å²) >= 11 is 1.52. The molecule has 6 heteroatoms. The summed E-state index contributed by atoms with van der Waals surface area (Å²) in [7, 11) is 0. The third-order valence-electron chi connectivity index (χ3n) is 3.49. The van der Waals surface area contributed by atoms with Gasteiger partial charge in [-0.15, -0.1) is 10.2 Å². The summed E-state index contributed by atoms with van der Waals surface area (Å²) in [6.45, 7) is 4.21. The summed E-state index contributed by atoms with van der Waals surface area (Å²) < 4.78 is 7.11. The zero-order valence-corrected chi connectivity index (χ0v) is 12.4. The predicted molar refractivity (Wildman–Crippen MR) is 81.3 cm³/mol. The van der Waals surface area contributed by atoms with E-state index < -0.39 is 0 Å². The van der Waals surface area contributed by atoms with Gasteiger partial charge in [0, 0.05) is 5.56 Å². The molecule has 5 nitrogen and oxygen atoms in total. The second-order valence-corrected chi connectivity index (χ2v) is 5.86. The van der Waals surface area contributed by atoms with Crippen LogP contribution in [-0.4, -0.2) is 19.8 Å². The van der Waals surface area contributed by atoms with Crippen LogP contribution in [0, 0.1) is 13.8 Å². The van der Waals surface area contributed by atoms with Crippen LogP contribution in [0.15, 0.2) is 41.0 Å². The average Bonchev–Trinajstić information content (AvgIpc) is 3.16. The number of aromatic nitrogens is 4. The Kier molecular flexibility index (Phi) is 2.65. The second-order valence-electron chi connectivity index (χ2n) is 4.90. The Bertz CT molecular complexity index is 921. The molecule has 3 aromatic heterocycles. The normalized spacial score (nSPS) is 11.3. The van der Waals surface area contributed by atoms with Crippen molar-refractivity contribution in [2.24, 2.45) is 0 Å². The van der Waals surface area contributed by atoms with Crippen molar-refractivity contribution in [2.75, 3.05) is 0 Å². The maximum absolute atomic E-state index is 5.38. The molecule has 4 aromatic rings. The number of hydrogen-bond acceptors (Lipinski definition) is 5. The highest BCUT2D eigenvalue weighted by molar-refractivity contribution is 7.19. The Labute approximate surface area is 124 Å². The fourth-order valence-electron chi connectivity index (χ4n) is 2.17. The molecule has 0 atom stereocenters. The predicted octanol–water partition coefficient (Wildman–Crippen LogP) is 3.73. The molecular formula is C15H12N4OS. The zero-order valence-electron chi connectivity index (χ0n) is 11.6. The topological polar surface area (TPSA) is 56.2 Å². The highest BCUT2D eigenvalue weighted by Crippen LogP contribution is 2.29. The van der Waals surface area contributed by atoms with Crippen LogP contribution in [-0.2, 0) is 0 Å². The molecule has 3 heterocycles. The van der Waals surface area contributed by atoms with Gasteiger partial charge in [-0.1, -0.05) is 23.5 Å². The van der Waals surface area contributed by atoms with Crippen LogP contribution in [0.5, 0.6) is 0 Å². The Hall–Kier alpha value is -2.47. The lowest BCUT2D eigenvalue weighted by Crippen LogP contribution is -1.90. The molecule has 0 radical (unpaired) electrons. The van der Waals surface area contributed by atoms with E-state index in [9.17, 15) is 0 Å². The first-order chi connectivity index (χ1) is 10.2. The fraction of sp³-hybridized carbons (Fsp3) is 0.133. The molecule has 0 aliphatic rings. The van der Waals surface area contributed by atoms with Crippen LogP contribution >= 0.6 is 11.3 Å². The second kappa shape index (κ2) is 4.53. The minimum absolute atomic E-state index is 0.626. The number of benzene rings is 1. The maximum atomic E-state index is 5.38. The van der Waals surface area contributed by atoms with Crippen LogP contribution in [0.1, 0.15) is 11.1 Å². The molecule has 0 unspecified atom stereocenters. The largest absolute Gasteiger partial charge is 0.461 e. The van der Waals surface area contributed by atoms with E-state index >= 15 is 0 Å². The van der Waals surface area contributed by atoms with Gasteiger partial charge in [-0.2, -0.15) is 9.61 Å². The molecular weight excluding hydrogens is 284 g/mol. The highest BCUT2D eigenvalue weighted by atomic mass is 32.1. The molecule has 0 aliphatic heterocycles. The lowest BCUT2D eigenvalue weighted by molar-refractivity contribution is 0.575. The van der Waals surface area contributed by atoms with Gasteiger partial charge in [0.15, 0.2) is 5.76 Å². The van der Waals surface area contributed by atoms with Crippen molar-refractivity contribution in [3.8, 4) is 22.2 Å². The standard InChI is InChI=1S/C15H12N4OS/c1-9-5-6-11(8-10(9)2)14-18-19-13(12-4-3-7-20-12)16-17-15(19)21-14/h3-8H,1-2H3. The molecule has 0 saturated heterocycles. The minimum Gasteiger partial charge on any atom is -0.461 e. The number of rotatable bonds is 2. The van der Waals surface area contributed by atoms with Crippen molar-refractivity contribution in [3.63, 3.8) is 0 Å². The summed E-state index contributed by atoms with van der Waals surface area (Å²) in [5.74, 6) is 1.29. The van der Waals surface area contributed by atoms with Crippen LogP contribution in [0.25, 0.3) is 27.1 Å². The molecule has 1 aromatic carbocycles. The van der Waals surface area contributed by atoms with Crippen molar-refractivity contribution in [3.05, 3.63) is 47.7 Å². The van der Waals surface area contributed by atoms with Crippen molar-refractivity contribution in [1.29, 1.82) is 0 Å². The summed E-state index contributed by atoms with van der Waals surface area (Å²) in [5.41, 5.74) is 3.63. The van der Waals surface area contributed by atoms with Crippen LogP contribution < -0.4 is 0 Å². The maximum Gasteiger partial charge on any atom is 0.235 e. The van der Waals surface area contributed by atoms with E-state index in [1.807, 2.05) is 12.1 Å². The Balaban J connectivity index is 1.86. The Morgan fingerprint density at radius 1 is 1.10 bits per heavy atom. The van der Waals surface area contributed by atoms with Crippen molar-refractivity contribution in [2.45, 2.75) is 13.8 Å². The van der Waals surface area contributed by atoms with Crippen LogP contribution in [0.3, 0.4) is 0 Å². The average molecular weight is 296 g/mol. The van der Waals surface area contributed by atoms with Gasteiger partial charge in [-0.05, 0) is 43.2 Å². The van der Waals surface area contributed by atoms with E-state index in [1.54, 1.807) is 10.8 Å². The molecule has 0 bridgehead atoms. The van der Waals surface area contributed by atoms with Gasteiger partial charge in [0.2, 0.25) is 10.8 Å². The lowest BCUT2D eigenvalue weighted by Gasteiger charge is -2.01. The molecule has 104 valence electrons. The molecule has 0 spiro atoms. The van der Waals surface area contributed by atoms with Crippen molar-refractivity contribution in [1.82, 2.24) is 19.8 Å². The SMILES string of the molecule is Cc1ccc(-c2nn3c(-c4ccco4)nnc3s2)cc1C. The highest BCUT2D eigenvalue weighted by Gasteiger charge is 2.16. The van der Waals surface area contributed by atoms with E-state index in [4.69, 9.17) is 4.42 Å². The zero-order chi connectivity index (χ0) is 14.4. The summed E-state index contributed by atoms with van der Waals surface area (Å²) in [6, 6.07) is 10.0. The van der Waals surface area contributed by atoms with E-state index in [-0.39, 0.29) is 0 Å². The number of aryl methyl sites for hydroxylation is 2.